The standard InChI is InChI=1S/C26H35NO2/c1-5-7-17-27(18-8-6-2)25(29)16-15-22-13-14-23(19-28)26(21(22)4)24-12-10-9-11-20(24)3/h9-14,19H,5-8,15-18H2,1-4H3. The van der Waals surface area contributed by atoms with Crippen molar-refractivity contribution in [2.75, 3.05) is 13.1 Å². The molecule has 0 aromatic heterocycles. The van der Waals surface area contributed by atoms with Gasteiger partial charge in [0.15, 0.2) is 6.29 Å². The van der Waals surface area contributed by atoms with Crippen LogP contribution in [0.5, 0.6) is 0 Å². The number of aldehydes is 1. The summed E-state index contributed by atoms with van der Waals surface area (Å²) in [6, 6.07) is 12.1. The third kappa shape index (κ3) is 6.03. The zero-order chi connectivity index (χ0) is 21.2. The Morgan fingerprint density at radius 2 is 1.62 bits per heavy atom. The Labute approximate surface area is 176 Å². The first-order valence-electron chi connectivity index (χ1n) is 10.9. The lowest BCUT2D eigenvalue weighted by atomic mass is 9.88. The zero-order valence-corrected chi connectivity index (χ0v) is 18.5. The Morgan fingerprint density at radius 1 is 0.966 bits per heavy atom. The van der Waals surface area contributed by atoms with Gasteiger partial charge in [0.1, 0.15) is 0 Å². The summed E-state index contributed by atoms with van der Waals surface area (Å²) in [6.45, 7) is 10.2. The second-order valence-corrected chi connectivity index (χ2v) is 7.83. The number of amides is 1. The van der Waals surface area contributed by atoms with Crippen molar-refractivity contribution < 1.29 is 9.59 Å². The third-order valence-electron chi connectivity index (χ3n) is 5.67. The molecule has 0 aliphatic heterocycles. The van der Waals surface area contributed by atoms with Gasteiger partial charge < -0.3 is 4.90 Å². The SMILES string of the molecule is CCCCN(CCCC)C(=O)CCc1ccc(C=O)c(-c2ccccc2C)c1C. The smallest absolute Gasteiger partial charge is 0.222 e. The van der Waals surface area contributed by atoms with Gasteiger partial charge in [-0.25, -0.2) is 0 Å². The molecule has 0 saturated carbocycles. The maximum Gasteiger partial charge on any atom is 0.222 e. The minimum absolute atomic E-state index is 0.239. The first-order chi connectivity index (χ1) is 14.0. The molecule has 0 N–H and O–H groups in total. The summed E-state index contributed by atoms with van der Waals surface area (Å²) in [5.74, 6) is 0.239. The second kappa shape index (κ2) is 11.5. The van der Waals surface area contributed by atoms with Crippen LogP contribution >= 0.6 is 0 Å². The monoisotopic (exact) mass is 393 g/mol. The number of nitrogens with zero attached hydrogens (tertiary/aromatic N) is 1. The van der Waals surface area contributed by atoms with Crippen LogP contribution in [0.4, 0.5) is 0 Å². The molecule has 0 atom stereocenters. The van der Waals surface area contributed by atoms with E-state index in [0.29, 0.717) is 18.4 Å². The summed E-state index contributed by atoms with van der Waals surface area (Å²) in [6.07, 6.45) is 6.46. The highest BCUT2D eigenvalue weighted by molar-refractivity contribution is 5.90. The highest BCUT2D eigenvalue weighted by Crippen LogP contribution is 2.32. The van der Waals surface area contributed by atoms with E-state index in [0.717, 1.165) is 72.9 Å². The Balaban J connectivity index is 2.23. The van der Waals surface area contributed by atoms with E-state index in [2.05, 4.69) is 39.8 Å². The lowest BCUT2D eigenvalue weighted by Gasteiger charge is -2.23. The number of unbranched alkanes of at least 4 members (excludes halogenated alkanes) is 2. The van der Waals surface area contributed by atoms with Gasteiger partial charge in [0.25, 0.3) is 0 Å². The molecule has 3 heteroatoms. The molecule has 0 aliphatic rings. The average Bonchev–Trinajstić information content (AvgIpc) is 2.73. The lowest BCUT2D eigenvalue weighted by molar-refractivity contribution is -0.131. The number of hydrogen-bond acceptors (Lipinski definition) is 2. The molecular weight excluding hydrogens is 358 g/mol. The molecule has 0 spiro atoms. The molecule has 0 saturated heterocycles. The third-order valence-corrected chi connectivity index (χ3v) is 5.67. The van der Waals surface area contributed by atoms with Crippen molar-refractivity contribution in [3.63, 3.8) is 0 Å². The van der Waals surface area contributed by atoms with Crippen LogP contribution in [0.3, 0.4) is 0 Å². The van der Waals surface area contributed by atoms with Crippen molar-refractivity contribution in [2.45, 2.75) is 66.2 Å². The van der Waals surface area contributed by atoms with Crippen LogP contribution in [0.25, 0.3) is 11.1 Å². The molecule has 29 heavy (non-hydrogen) atoms. The molecule has 2 rings (SSSR count). The number of aryl methyl sites for hydroxylation is 2. The molecule has 0 radical (unpaired) electrons. The van der Waals surface area contributed by atoms with Crippen LogP contribution in [0, 0.1) is 13.8 Å². The van der Waals surface area contributed by atoms with Crippen LogP contribution < -0.4 is 0 Å². The normalized spacial score (nSPS) is 10.8. The average molecular weight is 394 g/mol. The molecule has 2 aromatic rings. The fraction of sp³-hybridized carbons (Fsp3) is 0.462. The van der Waals surface area contributed by atoms with E-state index in [4.69, 9.17) is 0 Å². The van der Waals surface area contributed by atoms with Crippen LogP contribution in [-0.2, 0) is 11.2 Å². The molecule has 1 amide bonds. The molecule has 0 heterocycles. The summed E-state index contributed by atoms with van der Waals surface area (Å²) in [5, 5.41) is 0. The summed E-state index contributed by atoms with van der Waals surface area (Å²) in [4.78, 5) is 26.5. The van der Waals surface area contributed by atoms with E-state index in [1.807, 2.05) is 29.2 Å². The van der Waals surface area contributed by atoms with Gasteiger partial charge in [0.05, 0.1) is 0 Å². The molecule has 0 fully saturated rings. The first kappa shape index (κ1) is 22.9. The van der Waals surface area contributed by atoms with Gasteiger partial charge in [0, 0.05) is 25.1 Å². The highest BCUT2D eigenvalue weighted by Gasteiger charge is 2.16. The Hall–Kier alpha value is -2.42. The topological polar surface area (TPSA) is 37.4 Å². The molecule has 0 bridgehead atoms. The van der Waals surface area contributed by atoms with E-state index in [1.165, 1.54) is 0 Å². The van der Waals surface area contributed by atoms with Crippen molar-refractivity contribution in [2.24, 2.45) is 0 Å². The molecule has 2 aromatic carbocycles. The Kier molecular flexibility index (Phi) is 9.11. The quantitative estimate of drug-likeness (QED) is 0.430. The number of carbonyl (C=O) groups excluding carboxylic acids is 2. The van der Waals surface area contributed by atoms with E-state index in [-0.39, 0.29) is 5.91 Å². The predicted octanol–water partition coefficient (Wildman–Crippen LogP) is 6.14. The van der Waals surface area contributed by atoms with Crippen molar-refractivity contribution in [3.8, 4) is 11.1 Å². The Morgan fingerprint density at radius 3 is 2.21 bits per heavy atom. The molecule has 0 aliphatic carbocycles. The zero-order valence-electron chi connectivity index (χ0n) is 18.5. The minimum atomic E-state index is 0.239. The van der Waals surface area contributed by atoms with E-state index in [1.54, 1.807) is 0 Å². The maximum absolute atomic E-state index is 12.8. The van der Waals surface area contributed by atoms with Gasteiger partial charge in [-0.2, -0.15) is 0 Å². The van der Waals surface area contributed by atoms with Crippen LogP contribution in [0.15, 0.2) is 36.4 Å². The minimum Gasteiger partial charge on any atom is -0.343 e. The van der Waals surface area contributed by atoms with Gasteiger partial charge in [0.2, 0.25) is 5.91 Å². The highest BCUT2D eigenvalue weighted by atomic mass is 16.2. The van der Waals surface area contributed by atoms with E-state index < -0.39 is 0 Å². The van der Waals surface area contributed by atoms with Crippen molar-refractivity contribution in [1.82, 2.24) is 4.90 Å². The summed E-state index contributed by atoms with van der Waals surface area (Å²) < 4.78 is 0. The van der Waals surface area contributed by atoms with Gasteiger partial charge in [-0.3, -0.25) is 9.59 Å². The van der Waals surface area contributed by atoms with Crippen LogP contribution in [0.2, 0.25) is 0 Å². The van der Waals surface area contributed by atoms with Crippen molar-refractivity contribution in [3.05, 3.63) is 58.7 Å². The number of benzene rings is 2. The Bertz CT molecular complexity index is 817. The maximum atomic E-state index is 12.8. The molecular formula is C26H35NO2. The first-order valence-corrected chi connectivity index (χ1v) is 10.9. The molecule has 156 valence electrons. The molecule has 0 unspecified atom stereocenters. The van der Waals surface area contributed by atoms with Crippen molar-refractivity contribution >= 4 is 12.2 Å². The van der Waals surface area contributed by atoms with Gasteiger partial charge in [-0.1, -0.05) is 63.1 Å². The summed E-state index contributed by atoms with van der Waals surface area (Å²) >= 11 is 0. The predicted molar refractivity (Wildman–Crippen MR) is 121 cm³/mol. The molecule has 3 nitrogen and oxygen atoms in total. The second-order valence-electron chi connectivity index (χ2n) is 7.83. The fourth-order valence-electron chi connectivity index (χ4n) is 3.81. The van der Waals surface area contributed by atoms with Crippen molar-refractivity contribution in [1.29, 1.82) is 0 Å². The van der Waals surface area contributed by atoms with Crippen LogP contribution in [-0.4, -0.2) is 30.2 Å². The van der Waals surface area contributed by atoms with E-state index in [9.17, 15) is 9.59 Å². The summed E-state index contributed by atoms with van der Waals surface area (Å²) in [7, 11) is 0. The number of rotatable bonds is 11. The van der Waals surface area contributed by atoms with Gasteiger partial charge in [-0.05, 0) is 60.9 Å². The fourth-order valence-corrected chi connectivity index (χ4v) is 3.81. The number of hydrogen-bond donors (Lipinski definition) is 0. The summed E-state index contributed by atoms with van der Waals surface area (Å²) in [5.41, 5.74) is 6.19. The van der Waals surface area contributed by atoms with Crippen LogP contribution in [0.1, 0.15) is 73.0 Å². The van der Waals surface area contributed by atoms with Gasteiger partial charge in [-0.15, -0.1) is 0 Å². The largest absolute Gasteiger partial charge is 0.343 e. The van der Waals surface area contributed by atoms with E-state index >= 15 is 0 Å². The van der Waals surface area contributed by atoms with Gasteiger partial charge >= 0.3 is 0 Å². The number of carbonyl (C=O) groups is 2. The lowest BCUT2D eigenvalue weighted by Crippen LogP contribution is -2.33.